The van der Waals surface area contributed by atoms with Crippen LogP contribution in [-0.2, 0) is 4.79 Å². The Labute approximate surface area is 212 Å². The van der Waals surface area contributed by atoms with Crippen LogP contribution in [-0.4, -0.2) is 70.0 Å². The Bertz CT molecular complexity index is 1350. The number of carbonyl (C=O) groups excluding carboxylic acids is 3. The third-order valence-electron chi connectivity index (χ3n) is 6.21. The highest BCUT2D eigenvalue weighted by Gasteiger charge is 2.30. The van der Waals surface area contributed by atoms with Gasteiger partial charge in [-0.15, -0.1) is 10.2 Å². The summed E-state index contributed by atoms with van der Waals surface area (Å²) in [4.78, 5) is 47.6. The molecule has 2 aromatic heterocycles. The first-order valence-electron chi connectivity index (χ1n) is 11.9. The topological polar surface area (TPSA) is 151 Å². The Hall–Kier alpha value is -4.61. The molecule has 0 bridgehead atoms. The average Bonchev–Trinajstić information content (AvgIpc) is 3.73. The van der Waals surface area contributed by atoms with Crippen LogP contribution in [0, 0.1) is 5.92 Å². The van der Waals surface area contributed by atoms with Crippen LogP contribution in [0.15, 0.2) is 36.7 Å². The zero-order valence-electron chi connectivity index (χ0n) is 20.4. The number of nitrogens with zero attached hydrogens (tertiary/aromatic N) is 5. The van der Waals surface area contributed by atoms with Gasteiger partial charge in [-0.05, 0) is 31.4 Å². The highest BCUT2D eigenvalue weighted by Crippen LogP contribution is 2.37. The molecule has 0 spiro atoms. The second-order valence-electron chi connectivity index (χ2n) is 8.79. The van der Waals surface area contributed by atoms with Crippen molar-refractivity contribution in [1.29, 1.82) is 0 Å². The zero-order valence-corrected chi connectivity index (χ0v) is 20.4. The van der Waals surface area contributed by atoms with E-state index in [-0.39, 0.29) is 29.2 Å². The van der Waals surface area contributed by atoms with Crippen LogP contribution in [0.3, 0.4) is 0 Å². The first kappa shape index (κ1) is 24.1. The standard InChI is InChI=1S/C25H26N8O4/c1-26-24(35)20-18(11-19(31-32-20)30-23(34)14-7-8-14)29-17-6-3-5-16(21(17)37-2)22-27-12-15(13-28-22)25(36)33-9-4-10-33/h3,5-6,11-14H,4,7-10H2,1-2H3,(H,26,35)(H2,29,30,31,34). The quantitative estimate of drug-likeness (QED) is 0.421. The van der Waals surface area contributed by atoms with Crippen molar-refractivity contribution in [3.63, 3.8) is 0 Å². The molecule has 2 fully saturated rings. The number of anilines is 3. The van der Waals surface area contributed by atoms with Gasteiger partial charge in [0.25, 0.3) is 11.8 Å². The predicted molar refractivity (Wildman–Crippen MR) is 135 cm³/mol. The molecule has 3 aromatic rings. The molecule has 12 nitrogen and oxygen atoms in total. The summed E-state index contributed by atoms with van der Waals surface area (Å²) in [5, 5.41) is 16.5. The monoisotopic (exact) mass is 502 g/mol. The fourth-order valence-corrected chi connectivity index (χ4v) is 3.86. The molecule has 2 aliphatic rings. The summed E-state index contributed by atoms with van der Waals surface area (Å²) >= 11 is 0. The lowest BCUT2D eigenvalue weighted by atomic mass is 10.1. The molecular formula is C25H26N8O4. The van der Waals surface area contributed by atoms with E-state index in [1.165, 1.54) is 26.6 Å². The van der Waals surface area contributed by atoms with Crippen molar-refractivity contribution in [3.8, 4) is 17.1 Å². The van der Waals surface area contributed by atoms with Gasteiger partial charge in [0, 0.05) is 44.5 Å². The maximum absolute atomic E-state index is 12.5. The molecule has 0 atom stereocenters. The lowest BCUT2D eigenvalue weighted by molar-refractivity contribution is -0.117. The van der Waals surface area contributed by atoms with Crippen LogP contribution >= 0.6 is 0 Å². The number of nitrogens with one attached hydrogen (secondary N) is 3. The summed E-state index contributed by atoms with van der Waals surface area (Å²) in [5.74, 6) is 0.354. The highest BCUT2D eigenvalue weighted by atomic mass is 16.5. The lowest BCUT2D eigenvalue weighted by Gasteiger charge is -2.30. The Balaban J connectivity index is 1.45. The average molecular weight is 503 g/mol. The SMILES string of the molecule is CNC(=O)c1nnc(NC(=O)C2CC2)cc1Nc1cccc(-c2ncc(C(=O)N3CCC3)cn2)c1OC. The van der Waals surface area contributed by atoms with Gasteiger partial charge in [0.1, 0.15) is 0 Å². The van der Waals surface area contributed by atoms with Gasteiger partial charge in [0.2, 0.25) is 5.91 Å². The van der Waals surface area contributed by atoms with Gasteiger partial charge < -0.3 is 25.6 Å². The molecule has 5 rings (SSSR count). The van der Waals surface area contributed by atoms with Crippen molar-refractivity contribution < 1.29 is 19.1 Å². The number of carbonyl (C=O) groups is 3. The molecule has 1 saturated carbocycles. The number of methoxy groups -OCH3 is 1. The maximum Gasteiger partial charge on any atom is 0.273 e. The van der Waals surface area contributed by atoms with Gasteiger partial charge >= 0.3 is 0 Å². The largest absolute Gasteiger partial charge is 0.494 e. The molecule has 1 aromatic carbocycles. The van der Waals surface area contributed by atoms with E-state index >= 15 is 0 Å². The molecule has 3 N–H and O–H groups in total. The van der Waals surface area contributed by atoms with Gasteiger partial charge in [0.15, 0.2) is 23.1 Å². The van der Waals surface area contributed by atoms with Crippen LogP contribution in [0.25, 0.3) is 11.4 Å². The van der Waals surface area contributed by atoms with Crippen molar-refractivity contribution in [1.82, 2.24) is 30.4 Å². The van der Waals surface area contributed by atoms with Crippen molar-refractivity contribution in [3.05, 3.63) is 47.9 Å². The number of benzene rings is 1. The van der Waals surface area contributed by atoms with Gasteiger partial charge in [-0.2, -0.15) is 0 Å². The lowest BCUT2D eigenvalue weighted by Crippen LogP contribution is -2.42. The van der Waals surface area contributed by atoms with Gasteiger partial charge in [-0.25, -0.2) is 9.97 Å². The summed E-state index contributed by atoms with van der Waals surface area (Å²) in [6, 6.07) is 6.89. The maximum atomic E-state index is 12.5. The van der Waals surface area contributed by atoms with E-state index < -0.39 is 5.91 Å². The zero-order chi connectivity index (χ0) is 25.9. The van der Waals surface area contributed by atoms with E-state index in [2.05, 4.69) is 36.1 Å². The van der Waals surface area contributed by atoms with Gasteiger partial charge in [-0.1, -0.05) is 6.07 Å². The first-order chi connectivity index (χ1) is 18.0. The molecule has 0 radical (unpaired) electrons. The van der Waals surface area contributed by atoms with Gasteiger partial charge in [-0.3, -0.25) is 14.4 Å². The number of ether oxygens (including phenoxy) is 1. The molecule has 12 heteroatoms. The van der Waals surface area contributed by atoms with Crippen LogP contribution in [0.4, 0.5) is 17.2 Å². The molecule has 1 aliphatic heterocycles. The fraction of sp³-hybridized carbons (Fsp3) is 0.320. The van der Waals surface area contributed by atoms with Crippen molar-refractivity contribution in [2.45, 2.75) is 19.3 Å². The second kappa shape index (κ2) is 10.2. The highest BCUT2D eigenvalue weighted by molar-refractivity contribution is 6.00. The summed E-state index contributed by atoms with van der Waals surface area (Å²) < 4.78 is 5.68. The van der Waals surface area contributed by atoms with E-state index in [4.69, 9.17) is 4.74 Å². The Morgan fingerprint density at radius 2 is 1.81 bits per heavy atom. The molecule has 1 saturated heterocycles. The van der Waals surface area contributed by atoms with Crippen LogP contribution < -0.4 is 20.7 Å². The van der Waals surface area contributed by atoms with Crippen LogP contribution in [0.1, 0.15) is 40.1 Å². The number of hydrogen-bond acceptors (Lipinski definition) is 9. The minimum atomic E-state index is -0.448. The molecule has 1 aliphatic carbocycles. The number of aromatic nitrogens is 4. The van der Waals surface area contributed by atoms with E-state index in [0.717, 1.165) is 32.4 Å². The summed E-state index contributed by atoms with van der Waals surface area (Å²) in [6.07, 6.45) is 5.71. The molecule has 0 unspecified atom stereocenters. The molecule has 3 heterocycles. The Kier molecular flexibility index (Phi) is 6.62. The molecular weight excluding hydrogens is 476 g/mol. The first-order valence-corrected chi connectivity index (χ1v) is 11.9. The second-order valence-corrected chi connectivity index (χ2v) is 8.79. The van der Waals surface area contributed by atoms with Crippen molar-refractivity contribution >= 4 is 34.9 Å². The normalized spacial score (nSPS) is 14.4. The third kappa shape index (κ3) is 5.03. The van der Waals surface area contributed by atoms with E-state index in [9.17, 15) is 14.4 Å². The smallest absolute Gasteiger partial charge is 0.273 e. The summed E-state index contributed by atoms with van der Waals surface area (Å²) in [7, 11) is 3.00. The third-order valence-corrected chi connectivity index (χ3v) is 6.21. The number of hydrogen-bond donors (Lipinski definition) is 3. The molecule has 3 amide bonds. The summed E-state index contributed by atoms with van der Waals surface area (Å²) in [6.45, 7) is 1.49. The van der Waals surface area contributed by atoms with E-state index in [1.54, 1.807) is 29.2 Å². The van der Waals surface area contributed by atoms with Gasteiger partial charge in [0.05, 0.1) is 29.6 Å². The van der Waals surface area contributed by atoms with Crippen LogP contribution in [0.5, 0.6) is 5.75 Å². The van der Waals surface area contributed by atoms with Crippen LogP contribution in [0.2, 0.25) is 0 Å². The Morgan fingerprint density at radius 1 is 1.05 bits per heavy atom. The predicted octanol–water partition coefficient (Wildman–Crippen LogP) is 2.24. The number of para-hydroxylation sites is 1. The minimum Gasteiger partial charge on any atom is -0.494 e. The number of amides is 3. The van der Waals surface area contributed by atoms with E-state index in [1.807, 2.05) is 0 Å². The number of rotatable bonds is 8. The molecule has 190 valence electrons. The van der Waals surface area contributed by atoms with Crippen molar-refractivity contribution in [2.24, 2.45) is 5.92 Å². The van der Waals surface area contributed by atoms with E-state index in [0.29, 0.717) is 34.1 Å². The molecule has 37 heavy (non-hydrogen) atoms. The Morgan fingerprint density at radius 3 is 2.43 bits per heavy atom. The van der Waals surface area contributed by atoms with Crippen molar-refractivity contribution in [2.75, 3.05) is 37.9 Å². The minimum absolute atomic E-state index is 0.0128. The summed E-state index contributed by atoms with van der Waals surface area (Å²) in [5.41, 5.74) is 1.90. The number of likely N-dealkylation sites (tertiary alicyclic amines) is 1. The fourth-order valence-electron chi connectivity index (χ4n) is 3.86.